The second-order valence-corrected chi connectivity index (χ2v) is 4.81. The maximum absolute atomic E-state index is 5.86. The molecule has 0 aromatic carbocycles. The van der Waals surface area contributed by atoms with Crippen molar-refractivity contribution in [1.29, 1.82) is 0 Å². The van der Waals surface area contributed by atoms with E-state index in [1.807, 2.05) is 5.38 Å². The monoisotopic (exact) mass is 210 g/mol. The van der Waals surface area contributed by atoms with E-state index >= 15 is 0 Å². The highest BCUT2D eigenvalue weighted by Gasteiger charge is 2.30. The van der Waals surface area contributed by atoms with E-state index in [4.69, 9.17) is 5.73 Å². The van der Waals surface area contributed by atoms with Crippen LogP contribution in [0.25, 0.3) is 0 Å². The van der Waals surface area contributed by atoms with E-state index in [0.29, 0.717) is 6.54 Å². The van der Waals surface area contributed by atoms with Crippen molar-refractivity contribution in [2.75, 3.05) is 11.9 Å². The van der Waals surface area contributed by atoms with Crippen molar-refractivity contribution < 1.29 is 0 Å². The molecule has 0 bridgehead atoms. The molecule has 2 rings (SSSR count). The average Bonchev–Trinajstić information content (AvgIpc) is 2.72. The first-order valence-electron chi connectivity index (χ1n) is 5.14. The lowest BCUT2D eigenvalue weighted by Crippen LogP contribution is -2.46. The van der Waals surface area contributed by atoms with Gasteiger partial charge in [-0.05, 0) is 12.8 Å². The predicted octanol–water partition coefficient (Wildman–Crippen LogP) is 2.02. The summed E-state index contributed by atoms with van der Waals surface area (Å²) < 4.78 is 0. The third-order valence-electron chi connectivity index (χ3n) is 2.96. The van der Waals surface area contributed by atoms with Gasteiger partial charge in [0, 0.05) is 11.9 Å². The van der Waals surface area contributed by atoms with E-state index in [0.717, 1.165) is 5.13 Å². The predicted molar refractivity (Wildman–Crippen MR) is 59.4 cm³/mol. The minimum Gasteiger partial charge on any atom is -0.355 e. The van der Waals surface area contributed by atoms with Gasteiger partial charge in [-0.2, -0.15) is 0 Å². The van der Waals surface area contributed by atoms with Crippen molar-refractivity contribution in [3.63, 3.8) is 0 Å². The number of hydrogen-bond acceptors (Lipinski definition) is 4. The van der Waals surface area contributed by atoms with Crippen molar-refractivity contribution >= 4 is 16.5 Å². The molecular formula is C10H16N3S. The smallest absolute Gasteiger partial charge is 0.183 e. The summed E-state index contributed by atoms with van der Waals surface area (Å²) in [6, 6.07) is 0. The summed E-state index contributed by atoms with van der Waals surface area (Å²) in [7, 11) is 0. The summed E-state index contributed by atoms with van der Waals surface area (Å²) in [6.07, 6.45) is 9.06. The Kier molecular flexibility index (Phi) is 3.03. The Hall–Kier alpha value is -0.610. The van der Waals surface area contributed by atoms with Gasteiger partial charge in [-0.15, -0.1) is 11.3 Å². The summed E-state index contributed by atoms with van der Waals surface area (Å²) in [4.78, 5) is 4.13. The molecule has 1 radical (unpaired) electrons. The first kappa shape index (κ1) is 9.93. The van der Waals surface area contributed by atoms with Gasteiger partial charge >= 0.3 is 0 Å². The minimum atomic E-state index is 0.101. The zero-order valence-electron chi connectivity index (χ0n) is 8.25. The lowest BCUT2D eigenvalue weighted by Gasteiger charge is -2.36. The van der Waals surface area contributed by atoms with Crippen LogP contribution in [0, 0.1) is 6.20 Å². The molecule has 3 N–H and O–H groups in total. The van der Waals surface area contributed by atoms with Crippen LogP contribution in [-0.4, -0.2) is 17.1 Å². The quantitative estimate of drug-likeness (QED) is 0.802. The van der Waals surface area contributed by atoms with E-state index in [9.17, 15) is 0 Å². The fourth-order valence-corrected chi connectivity index (χ4v) is 2.68. The number of nitrogens with zero attached hydrogens (tertiary/aromatic N) is 1. The molecule has 0 unspecified atom stereocenters. The molecule has 14 heavy (non-hydrogen) atoms. The molecule has 1 heterocycles. The summed E-state index contributed by atoms with van der Waals surface area (Å²) in [6.45, 7) is 0.701. The van der Waals surface area contributed by atoms with E-state index in [-0.39, 0.29) is 5.54 Å². The average molecular weight is 210 g/mol. The van der Waals surface area contributed by atoms with Crippen molar-refractivity contribution in [2.24, 2.45) is 5.73 Å². The molecule has 1 aliphatic carbocycles. The molecule has 1 saturated carbocycles. The molecule has 1 aliphatic rings. The Balaban J connectivity index is 2.04. The lowest BCUT2D eigenvalue weighted by molar-refractivity contribution is 0.331. The van der Waals surface area contributed by atoms with Crippen molar-refractivity contribution in [1.82, 2.24) is 4.98 Å². The Morgan fingerprint density at radius 2 is 2.29 bits per heavy atom. The Labute approximate surface area is 88.7 Å². The first-order valence-corrected chi connectivity index (χ1v) is 6.02. The lowest BCUT2D eigenvalue weighted by atomic mass is 9.82. The maximum Gasteiger partial charge on any atom is 0.183 e. The number of rotatable bonds is 3. The van der Waals surface area contributed by atoms with Gasteiger partial charge in [-0.1, -0.05) is 19.3 Å². The number of nitrogens with two attached hydrogens (primary N) is 1. The fraction of sp³-hybridized carbons (Fsp3) is 0.700. The van der Waals surface area contributed by atoms with Crippen LogP contribution >= 0.6 is 11.3 Å². The number of anilines is 1. The Bertz CT molecular complexity index is 265. The van der Waals surface area contributed by atoms with Crippen LogP contribution in [0.1, 0.15) is 32.1 Å². The highest BCUT2D eigenvalue weighted by molar-refractivity contribution is 7.13. The van der Waals surface area contributed by atoms with Crippen LogP contribution in [0.5, 0.6) is 0 Å². The molecule has 1 aromatic rings. The molecule has 1 aromatic heterocycles. The van der Waals surface area contributed by atoms with Gasteiger partial charge in [-0.25, -0.2) is 4.98 Å². The summed E-state index contributed by atoms with van der Waals surface area (Å²) >= 11 is 1.60. The van der Waals surface area contributed by atoms with Crippen LogP contribution in [0.2, 0.25) is 0 Å². The molecule has 0 aliphatic heterocycles. The maximum atomic E-state index is 5.86. The zero-order chi connectivity index (χ0) is 9.86. The van der Waals surface area contributed by atoms with E-state index in [2.05, 4.69) is 16.5 Å². The van der Waals surface area contributed by atoms with Crippen molar-refractivity contribution in [2.45, 2.75) is 37.6 Å². The van der Waals surface area contributed by atoms with Crippen LogP contribution in [0.15, 0.2) is 5.38 Å². The van der Waals surface area contributed by atoms with Gasteiger partial charge in [0.1, 0.15) is 6.20 Å². The molecule has 77 valence electrons. The summed E-state index contributed by atoms with van der Waals surface area (Å²) in [5, 5.41) is 6.30. The van der Waals surface area contributed by atoms with E-state index in [1.165, 1.54) is 32.1 Å². The third kappa shape index (κ3) is 2.07. The molecular weight excluding hydrogens is 194 g/mol. The van der Waals surface area contributed by atoms with Crippen LogP contribution in [-0.2, 0) is 0 Å². The number of thiazole rings is 1. The molecule has 3 nitrogen and oxygen atoms in total. The van der Waals surface area contributed by atoms with Gasteiger partial charge in [0.25, 0.3) is 0 Å². The topological polar surface area (TPSA) is 50.9 Å². The molecule has 1 fully saturated rings. The summed E-state index contributed by atoms with van der Waals surface area (Å²) in [5.74, 6) is 0. The molecule has 0 spiro atoms. The number of hydrogen-bond donors (Lipinski definition) is 2. The van der Waals surface area contributed by atoms with Gasteiger partial charge in [0.2, 0.25) is 0 Å². The van der Waals surface area contributed by atoms with Crippen LogP contribution < -0.4 is 11.1 Å². The molecule has 0 saturated heterocycles. The molecule has 0 atom stereocenters. The minimum absolute atomic E-state index is 0.101. The molecule has 0 amide bonds. The first-order chi connectivity index (χ1) is 6.85. The fourth-order valence-electron chi connectivity index (χ4n) is 2.09. The van der Waals surface area contributed by atoms with Gasteiger partial charge in [-0.3, -0.25) is 0 Å². The SMILES string of the molecule is NCC1(Nc2n[c]cs2)CCCCC1. The zero-order valence-corrected chi connectivity index (χ0v) is 9.07. The van der Waals surface area contributed by atoms with Crippen molar-refractivity contribution in [3.8, 4) is 0 Å². The standard InChI is InChI=1S/C10H16N3S/c11-8-10(4-2-1-3-5-10)13-9-12-6-7-14-9/h7H,1-5,8,11H2,(H,12,13). The van der Waals surface area contributed by atoms with Gasteiger partial charge in [0.05, 0.1) is 5.54 Å². The van der Waals surface area contributed by atoms with E-state index < -0.39 is 0 Å². The van der Waals surface area contributed by atoms with Crippen LogP contribution in [0.4, 0.5) is 5.13 Å². The Morgan fingerprint density at radius 3 is 2.86 bits per heavy atom. The third-order valence-corrected chi connectivity index (χ3v) is 3.60. The number of aromatic nitrogens is 1. The second kappa shape index (κ2) is 4.28. The van der Waals surface area contributed by atoms with Crippen molar-refractivity contribution in [3.05, 3.63) is 11.6 Å². The second-order valence-electron chi connectivity index (χ2n) is 3.95. The Morgan fingerprint density at radius 1 is 1.50 bits per heavy atom. The highest BCUT2D eigenvalue weighted by Crippen LogP contribution is 2.31. The van der Waals surface area contributed by atoms with Crippen LogP contribution in [0.3, 0.4) is 0 Å². The largest absolute Gasteiger partial charge is 0.355 e. The number of nitrogens with one attached hydrogen (secondary N) is 1. The molecule has 4 heteroatoms. The van der Waals surface area contributed by atoms with Gasteiger partial charge in [0.15, 0.2) is 5.13 Å². The van der Waals surface area contributed by atoms with Gasteiger partial charge < -0.3 is 11.1 Å². The normalized spacial score (nSPS) is 20.6. The summed E-state index contributed by atoms with van der Waals surface area (Å²) in [5.41, 5.74) is 5.96. The van der Waals surface area contributed by atoms with E-state index in [1.54, 1.807) is 11.3 Å². The highest BCUT2D eigenvalue weighted by atomic mass is 32.1.